The quantitative estimate of drug-likeness (QED) is 0.791. The molecule has 108 valence electrons. The number of ether oxygens (including phenoxy) is 1. The predicted octanol–water partition coefficient (Wildman–Crippen LogP) is 3.69. The fraction of sp³-hybridized carbons (Fsp3) is 0.400. The van der Waals surface area contributed by atoms with Crippen molar-refractivity contribution in [2.45, 2.75) is 31.8 Å². The lowest BCUT2D eigenvalue weighted by Crippen LogP contribution is -2.27. The molecular formula is C15H19NO3S. The Morgan fingerprint density at radius 3 is 2.80 bits per heavy atom. The average molecular weight is 293 g/mol. The number of carbonyl (C=O) groups excluding carboxylic acids is 1. The number of rotatable bonds is 7. The fourth-order valence-electron chi connectivity index (χ4n) is 2.11. The van der Waals surface area contributed by atoms with Crippen LogP contribution in [0.15, 0.2) is 40.3 Å². The second kappa shape index (κ2) is 7.26. The molecule has 0 saturated carbocycles. The summed E-state index contributed by atoms with van der Waals surface area (Å²) in [6.07, 6.45) is 2.87. The molecule has 2 aromatic rings. The predicted molar refractivity (Wildman–Crippen MR) is 78.6 cm³/mol. The second-order valence-corrected chi connectivity index (χ2v) is 5.47. The third-order valence-corrected chi connectivity index (χ3v) is 4.17. The second-order valence-electron chi connectivity index (χ2n) is 4.49. The molecule has 0 spiro atoms. The van der Waals surface area contributed by atoms with Crippen LogP contribution in [0, 0.1) is 0 Å². The molecular weight excluding hydrogens is 274 g/mol. The number of hydrogen-bond acceptors (Lipinski definition) is 5. The molecule has 0 aliphatic rings. The van der Waals surface area contributed by atoms with Crippen LogP contribution in [-0.4, -0.2) is 13.1 Å². The monoisotopic (exact) mass is 293 g/mol. The van der Waals surface area contributed by atoms with E-state index in [9.17, 15) is 4.79 Å². The van der Waals surface area contributed by atoms with Gasteiger partial charge in [0, 0.05) is 4.88 Å². The third-order valence-electron chi connectivity index (χ3n) is 3.18. The van der Waals surface area contributed by atoms with Gasteiger partial charge in [-0.1, -0.05) is 13.0 Å². The van der Waals surface area contributed by atoms with Gasteiger partial charge in [-0.15, -0.1) is 11.3 Å². The van der Waals surface area contributed by atoms with Crippen molar-refractivity contribution < 1.29 is 13.9 Å². The molecule has 0 aliphatic carbocycles. The van der Waals surface area contributed by atoms with E-state index in [1.807, 2.05) is 29.6 Å². The van der Waals surface area contributed by atoms with Gasteiger partial charge in [0.2, 0.25) is 0 Å². The van der Waals surface area contributed by atoms with Crippen molar-refractivity contribution in [3.63, 3.8) is 0 Å². The van der Waals surface area contributed by atoms with Gasteiger partial charge < -0.3 is 9.15 Å². The van der Waals surface area contributed by atoms with Crippen molar-refractivity contribution in [2.75, 3.05) is 7.11 Å². The first-order valence-electron chi connectivity index (χ1n) is 6.64. The maximum atomic E-state index is 11.6. The first-order chi connectivity index (χ1) is 9.74. The highest BCUT2D eigenvalue weighted by Gasteiger charge is 2.22. The van der Waals surface area contributed by atoms with Crippen molar-refractivity contribution in [1.82, 2.24) is 5.32 Å². The summed E-state index contributed by atoms with van der Waals surface area (Å²) in [5, 5.41) is 5.50. The Balaban J connectivity index is 2.12. The lowest BCUT2D eigenvalue weighted by atomic mass is 10.1. The van der Waals surface area contributed by atoms with E-state index in [2.05, 4.69) is 12.2 Å². The minimum Gasteiger partial charge on any atom is -0.469 e. The molecule has 0 aliphatic heterocycles. The van der Waals surface area contributed by atoms with Crippen LogP contribution in [0.2, 0.25) is 0 Å². The summed E-state index contributed by atoms with van der Waals surface area (Å²) in [5.74, 6) is 0.670. The van der Waals surface area contributed by atoms with E-state index in [1.165, 1.54) is 7.11 Å². The summed E-state index contributed by atoms with van der Waals surface area (Å²) >= 11 is 1.63. The highest BCUT2D eigenvalue weighted by Crippen LogP contribution is 2.27. The van der Waals surface area contributed by atoms with Crippen LogP contribution in [0.3, 0.4) is 0 Å². The smallest absolute Gasteiger partial charge is 0.307 e. The molecule has 2 heterocycles. The van der Waals surface area contributed by atoms with Crippen LogP contribution in [0.4, 0.5) is 0 Å². The highest BCUT2D eigenvalue weighted by atomic mass is 32.1. The van der Waals surface area contributed by atoms with E-state index in [1.54, 1.807) is 17.6 Å². The average Bonchev–Trinajstić information content (AvgIpc) is 3.15. The van der Waals surface area contributed by atoms with Crippen LogP contribution >= 0.6 is 11.3 Å². The van der Waals surface area contributed by atoms with Crippen molar-refractivity contribution in [2.24, 2.45) is 0 Å². The van der Waals surface area contributed by atoms with Crippen LogP contribution in [0.25, 0.3) is 0 Å². The molecule has 2 atom stereocenters. The summed E-state index contributed by atoms with van der Waals surface area (Å²) in [6, 6.07) is 7.87. The number of hydrogen-bond donors (Lipinski definition) is 1. The zero-order valence-corrected chi connectivity index (χ0v) is 12.5. The number of thiophene rings is 1. The molecule has 0 amide bonds. The summed E-state index contributed by atoms with van der Waals surface area (Å²) in [6.45, 7) is 2.09. The van der Waals surface area contributed by atoms with E-state index in [-0.39, 0.29) is 18.1 Å². The Morgan fingerprint density at radius 1 is 1.40 bits per heavy atom. The van der Waals surface area contributed by atoms with Gasteiger partial charge in [-0.05, 0) is 30.0 Å². The zero-order valence-electron chi connectivity index (χ0n) is 11.7. The van der Waals surface area contributed by atoms with E-state index in [4.69, 9.17) is 9.15 Å². The maximum Gasteiger partial charge on any atom is 0.307 e. The third kappa shape index (κ3) is 3.71. The van der Waals surface area contributed by atoms with Crippen molar-refractivity contribution in [1.29, 1.82) is 0 Å². The van der Waals surface area contributed by atoms with Crippen molar-refractivity contribution in [3.8, 4) is 0 Å². The van der Waals surface area contributed by atoms with Gasteiger partial charge in [0.25, 0.3) is 0 Å². The number of methoxy groups -OCH3 is 1. The Kier molecular flexibility index (Phi) is 5.38. The summed E-state index contributed by atoms with van der Waals surface area (Å²) in [4.78, 5) is 12.7. The zero-order chi connectivity index (χ0) is 14.4. The molecule has 4 nitrogen and oxygen atoms in total. The Hall–Kier alpha value is -1.59. The molecule has 2 rings (SSSR count). The van der Waals surface area contributed by atoms with Crippen molar-refractivity contribution in [3.05, 3.63) is 46.5 Å². The van der Waals surface area contributed by atoms with Gasteiger partial charge in [-0.25, -0.2) is 0 Å². The van der Waals surface area contributed by atoms with Gasteiger partial charge in [0.1, 0.15) is 5.76 Å². The van der Waals surface area contributed by atoms with Gasteiger partial charge in [-0.3, -0.25) is 10.1 Å². The molecule has 1 N–H and O–H groups in total. The molecule has 2 unspecified atom stereocenters. The topological polar surface area (TPSA) is 51.5 Å². The molecule has 2 aromatic heterocycles. The maximum absolute atomic E-state index is 11.6. The number of esters is 1. The van der Waals surface area contributed by atoms with Gasteiger partial charge in [0.15, 0.2) is 0 Å². The molecule has 0 aromatic carbocycles. The largest absolute Gasteiger partial charge is 0.469 e. The number of carbonyl (C=O) groups is 1. The van der Waals surface area contributed by atoms with E-state index in [0.29, 0.717) is 6.42 Å². The minimum absolute atomic E-state index is 0.0579. The van der Waals surface area contributed by atoms with E-state index < -0.39 is 0 Å². The van der Waals surface area contributed by atoms with Gasteiger partial charge in [0.05, 0.1) is 31.9 Å². The highest BCUT2D eigenvalue weighted by molar-refractivity contribution is 7.10. The summed E-state index contributed by atoms with van der Waals surface area (Å²) < 4.78 is 10.2. The normalized spacial score (nSPS) is 13.9. The molecule has 0 saturated heterocycles. The standard InChI is InChI=1S/C15H19NO3S/c1-3-11(13-6-4-8-19-13)16-12(10-15(17)18-2)14-7-5-9-20-14/h4-9,11-12,16H,3,10H2,1-2H3. The number of nitrogens with one attached hydrogen (secondary N) is 1. The molecule has 5 heteroatoms. The molecule has 0 fully saturated rings. The summed E-state index contributed by atoms with van der Waals surface area (Å²) in [5.41, 5.74) is 0. The molecule has 20 heavy (non-hydrogen) atoms. The van der Waals surface area contributed by atoms with Crippen LogP contribution in [0.1, 0.15) is 42.5 Å². The first kappa shape index (κ1) is 14.8. The first-order valence-corrected chi connectivity index (χ1v) is 7.52. The van der Waals surface area contributed by atoms with E-state index in [0.717, 1.165) is 17.1 Å². The van der Waals surface area contributed by atoms with Gasteiger partial charge >= 0.3 is 5.97 Å². The van der Waals surface area contributed by atoms with Crippen LogP contribution in [-0.2, 0) is 9.53 Å². The lowest BCUT2D eigenvalue weighted by Gasteiger charge is -2.22. The van der Waals surface area contributed by atoms with Crippen molar-refractivity contribution >= 4 is 17.3 Å². The van der Waals surface area contributed by atoms with Crippen LogP contribution < -0.4 is 5.32 Å². The molecule has 0 bridgehead atoms. The van der Waals surface area contributed by atoms with E-state index >= 15 is 0 Å². The van der Waals surface area contributed by atoms with Crippen LogP contribution in [0.5, 0.6) is 0 Å². The lowest BCUT2D eigenvalue weighted by molar-refractivity contribution is -0.141. The number of furan rings is 1. The Labute approximate surface area is 122 Å². The Morgan fingerprint density at radius 2 is 2.25 bits per heavy atom. The summed E-state index contributed by atoms with van der Waals surface area (Å²) in [7, 11) is 1.41. The SMILES string of the molecule is CCC(NC(CC(=O)OC)c1cccs1)c1ccco1. The molecule has 0 radical (unpaired) electrons. The van der Waals surface area contributed by atoms with Gasteiger partial charge in [-0.2, -0.15) is 0 Å². The fourth-order valence-corrected chi connectivity index (χ4v) is 2.90. The Bertz CT molecular complexity index is 507. The minimum atomic E-state index is -0.217.